The number of benzene rings is 1. The summed E-state index contributed by atoms with van der Waals surface area (Å²) in [4.78, 5) is 13.6. The zero-order valence-electron chi connectivity index (χ0n) is 11.7. The van der Waals surface area contributed by atoms with Crippen molar-refractivity contribution in [2.24, 2.45) is 11.8 Å². The van der Waals surface area contributed by atoms with Gasteiger partial charge in [-0.25, -0.2) is 0 Å². The second-order valence-electron chi connectivity index (χ2n) is 5.46. The number of carbonyl (C=O) groups excluding carboxylic acids is 1. The van der Waals surface area contributed by atoms with E-state index in [-0.39, 0.29) is 18.6 Å². The first-order valence-electron chi connectivity index (χ1n) is 6.94. The van der Waals surface area contributed by atoms with Gasteiger partial charge in [-0.2, -0.15) is 13.2 Å². The lowest BCUT2D eigenvalue weighted by Gasteiger charge is -2.34. The van der Waals surface area contributed by atoms with Gasteiger partial charge >= 0.3 is 6.18 Å². The highest BCUT2D eigenvalue weighted by atomic mass is 19.4. The van der Waals surface area contributed by atoms with Crippen molar-refractivity contribution in [3.8, 4) is 5.75 Å². The smallest absolute Gasteiger partial charge is 0.392 e. The Labute approximate surface area is 121 Å². The summed E-state index contributed by atoms with van der Waals surface area (Å²) in [6, 6.07) is 5.95. The largest absolute Gasteiger partial charge is 0.508 e. The van der Waals surface area contributed by atoms with Crippen molar-refractivity contribution in [2.75, 3.05) is 11.9 Å². The molecule has 1 amide bonds. The molecular weight excluding hydrogens is 283 g/mol. The molecule has 0 aliphatic heterocycles. The SMILES string of the molecule is CN(C(=O)C1CCCCC1C(F)(F)F)c1cccc(O)c1. The third-order valence-corrected chi connectivity index (χ3v) is 4.05. The molecule has 0 saturated heterocycles. The van der Waals surface area contributed by atoms with Gasteiger partial charge in [0.1, 0.15) is 5.75 Å². The highest BCUT2D eigenvalue weighted by Crippen LogP contribution is 2.42. The Balaban J connectivity index is 2.20. The van der Waals surface area contributed by atoms with Crippen LogP contribution in [0.2, 0.25) is 0 Å². The lowest BCUT2D eigenvalue weighted by atomic mass is 9.78. The summed E-state index contributed by atoms with van der Waals surface area (Å²) in [5.74, 6) is -3.17. The minimum absolute atomic E-state index is 0.00772. The third-order valence-electron chi connectivity index (χ3n) is 4.05. The fourth-order valence-corrected chi connectivity index (χ4v) is 2.90. The van der Waals surface area contributed by atoms with Crippen molar-refractivity contribution in [3.05, 3.63) is 24.3 Å². The van der Waals surface area contributed by atoms with E-state index in [1.807, 2.05) is 0 Å². The second kappa shape index (κ2) is 5.95. The molecule has 2 atom stereocenters. The number of carbonyl (C=O) groups is 1. The van der Waals surface area contributed by atoms with E-state index in [2.05, 4.69) is 0 Å². The minimum Gasteiger partial charge on any atom is -0.508 e. The summed E-state index contributed by atoms with van der Waals surface area (Å²) >= 11 is 0. The summed E-state index contributed by atoms with van der Waals surface area (Å²) in [7, 11) is 1.44. The van der Waals surface area contributed by atoms with Crippen LogP contribution in [-0.4, -0.2) is 24.2 Å². The van der Waals surface area contributed by atoms with Crippen molar-refractivity contribution in [3.63, 3.8) is 0 Å². The number of hydrogen-bond acceptors (Lipinski definition) is 2. The number of rotatable bonds is 2. The van der Waals surface area contributed by atoms with Gasteiger partial charge in [0.05, 0.1) is 5.92 Å². The number of halogens is 3. The maximum absolute atomic E-state index is 13.1. The number of hydrogen-bond donors (Lipinski definition) is 1. The Bertz CT molecular complexity index is 516. The van der Waals surface area contributed by atoms with E-state index < -0.39 is 23.9 Å². The molecule has 1 saturated carbocycles. The molecular formula is C15H18F3NO2. The summed E-state index contributed by atoms with van der Waals surface area (Å²) in [6.07, 6.45) is -2.94. The summed E-state index contributed by atoms with van der Waals surface area (Å²) in [6.45, 7) is 0. The van der Waals surface area contributed by atoms with E-state index >= 15 is 0 Å². The van der Waals surface area contributed by atoms with Crippen LogP contribution in [0.4, 0.5) is 18.9 Å². The van der Waals surface area contributed by atoms with Crippen LogP contribution in [0.1, 0.15) is 25.7 Å². The summed E-state index contributed by atoms with van der Waals surface area (Å²) in [5, 5.41) is 9.42. The molecule has 0 aromatic heterocycles. The fraction of sp³-hybridized carbons (Fsp3) is 0.533. The molecule has 1 fully saturated rings. The van der Waals surface area contributed by atoms with Crippen LogP contribution in [0.5, 0.6) is 5.75 Å². The first-order valence-corrected chi connectivity index (χ1v) is 6.94. The predicted octanol–water partition coefficient (Wildman–Crippen LogP) is 3.72. The number of nitrogens with zero attached hydrogens (tertiary/aromatic N) is 1. The number of anilines is 1. The Morgan fingerprint density at radius 3 is 2.57 bits per heavy atom. The third kappa shape index (κ3) is 3.49. The van der Waals surface area contributed by atoms with Crippen LogP contribution in [0, 0.1) is 11.8 Å². The molecule has 2 rings (SSSR count). The van der Waals surface area contributed by atoms with Gasteiger partial charge in [0.15, 0.2) is 0 Å². The molecule has 2 unspecified atom stereocenters. The van der Waals surface area contributed by atoms with Crippen LogP contribution >= 0.6 is 0 Å². The molecule has 1 N–H and O–H groups in total. The molecule has 0 spiro atoms. The monoisotopic (exact) mass is 301 g/mol. The molecule has 21 heavy (non-hydrogen) atoms. The van der Waals surface area contributed by atoms with Gasteiger partial charge < -0.3 is 10.0 Å². The van der Waals surface area contributed by atoms with Gasteiger partial charge in [-0.1, -0.05) is 18.9 Å². The number of phenols is 1. The summed E-state index contributed by atoms with van der Waals surface area (Å²) < 4.78 is 39.2. The molecule has 1 aromatic carbocycles. The predicted molar refractivity (Wildman–Crippen MR) is 73.0 cm³/mol. The van der Waals surface area contributed by atoms with Crippen LogP contribution < -0.4 is 4.90 Å². The lowest BCUT2D eigenvalue weighted by molar-refractivity contribution is -0.197. The van der Waals surface area contributed by atoms with Gasteiger partial charge in [0.25, 0.3) is 0 Å². The van der Waals surface area contributed by atoms with Crippen molar-refractivity contribution >= 4 is 11.6 Å². The lowest BCUT2D eigenvalue weighted by Crippen LogP contribution is -2.43. The molecule has 1 aromatic rings. The molecule has 0 heterocycles. The van der Waals surface area contributed by atoms with E-state index in [0.29, 0.717) is 18.5 Å². The summed E-state index contributed by atoms with van der Waals surface area (Å²) in [5.41, 5.74) is 0.395. The average Bonchev–Trinajstić information content (AvgIpc) is 2.45. The van der Waals surface area contributed by atoms with Crippen molar-refractivity contribution in [2.45, 2.75) is 31.9 Å². The zero-order valence-corrected chi connectivity index (χ0v) is 11.7. The Morgan fingerprint density at radius 1 is 1.29 bits per heavy atom. The molecule has 1 aliphatic rings. The van der Waals surface area contributed by atoms with Crippen LogP contribution in [0.3, 0.4) is 0 Å². The minimum atomic E-state index is -4.35. The standard InChI is InChI=1S/C15H18F3NO2/c1-19(10-5-4-6-11(20)9-10)14(21)12-7-2-3-8-13(12)15(16,17)18/h4-6,9,12-13,20H,2-3,7-8H2,1H3. The maximum atomic E-state index is 13.1. The molecule has 1 aliphatic carbocycles. The van der Waals surface area contributed by atoms with Gasteiger partial charge in [0.2, 0.25) is 5.91 Å². The molecule has 3 nitrogen and oxygen atoms in total. The molecule has 0 bridgehead atoms. The highest BCUT2D eigenvalue weighted by molar-refractivity contribution is 5.95. The maximum Gasteiger partial charge on any atom is 0.392 e. The van der Waals surface area contributed by atoms with Gasteiger partial charge in [-0.05, 0) is 25.0 Å². The number of amides is 1. The Kier molecular flexibility index (Phi) is 4.44. The normalized spacial score (nSPS) is 22.9. The van der Waals surface area contributed by atoms with E-state index in [0.717, 1.165) is 0 Å². The fourth-order valence-electron chi connectivity index (χ4n) is 2.90. The van der Waals surface area contributed by atoms with E-state index in [1.54, 1.807) is 12.1 Å². The van der Waals surface area contributed by atoms with Gasteiger partial charge in [-0.3, -0.25) is 4.79 Å². The van der Waals surface area contributed by atoms with E-state index in [1.165, 1.54) is 24.1 Å². The Morgan fingerprint density at radius 2 is 1.95 bits per heavy atom. The van der Waals surface area contributed by atoms with Gasteiger partial charge in [-0.15, -0.1) is 0 Å². The number of phenolic OH excluding ortho intramolecular Hbond substituents is 1. The van der Waals surface area contributed by atoms with Crippen LogP contribution in [0.25, 0.3) is 0 Å². The topological polar surface area (TPSA) is 40.5 Å². The number of aromatic hydroxyl groups is 1. The quantitative estimate of drug-likeness (QED) is 0.904. The second-order valence-corrected chi connectivity index (χ2v) is 5.46. The van der Waals surface area contributed by atoms with Gasteiger partial charge in [0, 0.05) is 24.7 Å². The van der Waals surface area contributed by atoms with E-state index in [4.69, 9.17) is 0 Å². The first kappa shape index (κ1) is 15.7. The molecule has 0 radical (unpaired) electrons. The van der Waals surface area contributed by atoms with Crippen molar-refractivity contribution in [1.29, 1.82) is 0 Å². The first-order chi connectivity index (χ1) is 9.80. The van der Waals surface area contributed by atoms with Crippen LogP contribution in [0.15, 0.2) is 24.3 Å². The van der Waals surface area contributed by atoms with Crippen LogP contribution in [-0.2, 0) is 4.79 Å². The highest BCUT2D eigenvalue weighted by Gasteiger charge is 2.48. The van der Waals surface area contributed by atoms with Crippen molar-refractivity contribution in [1.82, 2.24) is 0 Å². The number of alkyl halides is 3. The van der Waals surface area contributed by atoms with E-state index in [9.17, 15) is 23.1 Å². The molecule has 6 heteroatoms. The Hall–Kier alpha value is -1.72. The van der Waals surface area contributed by atoms with Crippen molar-refractivity contribution < 1.29 is 23.1 Å². The average molecular weight is 301 g/mol. The molecule has 116 valence electrons. The zero-order chi connectivity index (χ0) is 15.6.